The molecule has 0 aliphatic carbocycles. The highest BCUT2D eigenvalue weighted by Crippen LogP contribution is 2.14. The lowest BCUT2D eigenvalue weighted by molar-refractivity contribution is 0.505. The van der Waals surface area contributed by atoms with E-state index >= 15 is 0 Å². The standard InChI is InChI=1S/C8H17N/c1-2-3-4-8-5-6-9-7-8/h8-9H,2-7H2,1H3. The van der Waals surface area contributed by atoms with Crippen molar-refractivity contribution in [3.8, 4) is 0 Å². The molecule has 1 saturated heterocycles. The molecule has 0 saturated carbocycles. The van der Waals surface area contributed by atoms with Gasteiger partial charge in [-0.15, -0.1) is 0 Å². The summed E-state index contributed by atoms with van der Waals surface area (Å²) in [4.78, 5) is 0. The number of nitrogens with one attached hydrogen (secondary N) is 1. The van der Waals surface area contributed by atoms with Crippen molar-refractivity contribution < 1.29 is 0 Å². The molecular weight excluding hydrogens is 110 g/mol. The van der Waals surface area contributed by atoms with E-state index in [2.05, 4.69) is 12.2 Å². The van der Waals surface area contributed by atoms with Crippen LogP contribution in [0.25, 0.3) is 0 Å². The molecule has 0 bridgehead atoms. The molecular formula is C8H17N. The smallest absolute Gasteiger partial charge is 0.00200 e. The minimum atomic E-state index is 1.00. The van der Waals surface area contributed by atoms with Gasteiger partial charge in [0, 0.05) is 0 Å². The lowest BCUT2D eigenvalue weighted by Gasteiger charge is -2.04. The molecule has 0 aromatic rings. The highest BCUT2D eigenvalue weighted by molar-refractivity contribution is 4.70. The SMILES string of the molecule is CCCCC1CCNC1. The first kappa shape index (κ1) is 7.07. The van der Waals surface area contributed by atoms with Crippen molar-refractivity contribution in [2.75, 3.05) is 13.1 Å². The third-order valence-electron chi connectivity index (χ3n) is 2.13. The van der Waals surface area contributed by atoms with Crippen LogP contribution in [0.1, 0.15) is 32.6 Å². The Balaban J connectivity index is 1.98. The van der Waals surface area contributed by atoms with Gasteiger partial charge in [0.2, 0.25) is 0 Å². The summed E-state index contributed by atoms with van der Waals surface area (Å²) in [5.74, 6) is 1.00. The van der Waals surface area contributed by atoms with Crippen LogP contribution in [0.2, 0.25) is 0 Å². The lowest BCUT2D eigenvalue weighted by Crippen LogP contribution is -2.08. The number of hydrogen-bond donors (Lipinski definition) is 1. The van der Waals surface area contributed by atoms with Crippen LogP contribution in [0.15, 0.2) is 0 Å². The van der Waals surface area contributed by atoms with Crippen molar-refractivity contribution in [2.24, 2.45) is 5.92 Å². The maximum absolute atomic E-state index is 3.38. The van der Waals surface area contributed by atoms with Crippen molar-refractivity contribution in [1.29, 1.82) is 0 Å². The Morgan fingerprint density at radius 2 is 2.44 bits per heavy atom. The van der Waals surface area contributed by atoms with Crippen LogP contribution in [0.3, 0.4) is 0 Å². The van der Waals surface area contributed by atoms with E-state index in [4.69, 9.17) is 0 Å². The van der Waals surface area contributed by atoms with E-state index < -0.39 is 0 Å². The maximum atomic E-state index is 3.38. The quantitative estimate of drug-likeness (QED) is 0.609. The molecule has 1 rings (SSSR count). The first-order valence-electron chi connectivity index (χ1n) is 4.14. The summed E-state index contributed by atoms with van der Waals surface area (Å²) in [7, 11) is 0. The third-order valence-corrected chi connectivity index (χ3v) is 2.13. The Bertz CT molecular complexity index is 65.0. The minimum Gasteiger partial charge on any atom is -0.316 e. The van der Waals surface area contributed by atoms with Gasteiger partial charge >= 0.3 is 0 Å². The summed E-state index contributed by atoms with van der Waals surface area (Å²) < 4.78 is 0. The van der Waals surface area contributed by atoms with Crippen molar-refractivity contribution in [3.05, 3.63) is 0 Å². The van der Waals surface area contributed by atoms with E-state index in [-0.39, 0.29) is 0 Å². The Morgan fingerprint density at radius 3 is 3.00 bits per heavy atom. The second-order valence-electron chi connectivity index (χ2n) is 3.00. The Kier molecular flexibility index (Phi) is 3.05. The molecule has 0 radical (unpaired) electrons. The molecule has 9 heavy (non-hydrogen) atoms. The van der Waals surface area contributed by atoms with Gasteiger partial charge in [-0.05, 0) is 31.8 Å². The van der Waals surface area contributed by atoms with E-state index in [1.54, 1.807) is 0 Å². The van der Waals surface area contributed by atoms with Crippen LogP contribution >= 0.6 is 0 Å². The fraction of sp³-hybridized carbons (Fsp3) is 1.00. The zero-order valence-electron chi connectivity index (χ0n) is 6.32. The average molecular weight is 127 g/mol. The monoisotopic (exact) mass is 127 g/mol. The second kappa shape index (κ2) is 3.89. The molecule has 0 aromatic heterocycles. The molecule has 1 fully saturated rings. The molecule has 1 N–H and O–H groups in total. The summed E-state index contributed by atoms with van der Waals surface area (Å²) in [6.45, 7) is 4.80. The van der Waals surface area contributed by atoms with E-state index in [0.717, 1.165) is 5.92 Å². The van der Waals surface area contributed by atoms with Crippen LogP contribution in [-0.2, 0) is 0 Å². The van der Waals surface area contributed by atoms with E-state index in [1.165, 1.54) is 38.8 Å². The topological polar surface area (TPSA) is 12.0 Å². The van der Waals surface area contributed by atoms with Gasteiger partial charge in [-0.3, -0.25) is 0 Å². The fourth-order valence-corrected chi connectivity index (χ4v) is 1.45. The van der Waals surface area contributed by atoms with Crippen molar-refractivity contribution in [2.45, 2.75) is 32.6 Å². The summed E-state index contributed by atoms with van der Waals surface area (Å²) in [5.41, 5.74) is 0. The number of rotatable bonds is 3. The van der Waals surface area contributed by atoms with Crippen molar-refractivity contribution >= 4 is 0 Å². The zero-order valence-corrected chi connectivity index (χ0v) is 6.32. The molecule has 1 nitrogen and oxygen atoms in total. The molecule has 1 unspecified atom stereocenters. The van der Waals surface area contributed by atoms with Gasteiger partial charge in [-0.25, -0.2) is 0 Å². The van der Waals surface area contributed by atoms with E-state index in [9.17, 15) is 0 Å². The highest BCUT2D eigenvalue weighted by atomic mass is 14.9. The minimum absolute atomic E-state index is 1.00. The van der Waals surface area contributed by atoms with Crippen LogP contribution in [0.4, 0.5) is 0 Å². The Morgan fingerprint density at radius 1 is 1.56 bits per heavy atom. The number of hydrogen-bond acceptors (Lipinski definition) is 1. The normalized spacial score (nSPS) is 27.0. The van der Waals surface area contributed by atoms with Crippen LogP contribution in [0, 0.1) is 5.92 Å². The summed E-state index contributed by atoms with van der Waals surface area (Å²) in [5, 5.41) is 3.38. The summed E-state index contributed by atoms with van der Waals surface area (Å²) in [6, 6.07) is 0. The Hall–Kier alpha value is -0.0400. The highest BCUT2D eigenvalue weighted by Gasteiger charge is 2.12. The second-order valence-corrected chi connectivity index (χ2v) is 3.00. The molecule has 0 spiro atoms. The molecule has 1 aliphatic rings. The van der Waals surface area contributed by atoms with Crippen LogP contribution in [0.5, 0.6) is 0 Å². The first-order valence-corrected chi connectivity index (χ1v) is 4.14. The van der Waals surface area contributed by atoms with Gasteiger partial charge in [-0.1, -0.05) is 19.8 Å². The van der Waals surface area contributed by atoms with Gasteiger partial charge in [-0.2, -0.15) is 0 Å². The molecule has 1 heterocycles. The van der Waals surface area contributed by atoms with Gasteiger partial charge < -0.3 is 5.32 Å². The summed E-state index contributed by atoms with van der Waals surface area (Å²) >= 11 is 0. The van der Waals surface area contributed by atoms with Crippen molar-refractivity contribution in [1.82, 2.24) is 5.32 Å². The van der Waals surface area contributed by atoms with Crippen LogP contribution < -0.4 is 5.32 Å². The predicted octanol–water partition coefficient (Wildman–Crippen LogP) is 1.79. The zero-order chi connectivity index (χ0) is 6.53. The largest absolute Gasteiger partial charge is 0.316 e. The first-order chi connectivity index (χ1) is 4.43. The molecule has 54 valence electrons. The Labute approximate surface area is 57.8 Å². The molecule has 1 aliphatic heterocycles. The van der Waals surface area contributed by atoms with Crippen molar-refractivity contribution in [3.63, 3.8) is 0 Å². The summed E-state index contributed by atoms with van der Waals surface area (Å²) in [6.07, 6.45) is 5.65. The van der Waals surface area contributed by atoms with Crippen LogP contribution in [-0.4, -0.2) is 13.1 Å². The van der Waals surface area contributed by atoms with Gasteiger partial charge in [0.25, 0.3) is 0 Å². The maximum Gasteiger partial charge on any atom is -0.00200 e. The lowest BCUT2D eigenvalue weighted by atomic mass is 10.0. The van der Waals surface area contributed by atoms with Gasteiger partial charge in [0.1, 0.15) is 0 Å². The molecule has 0 aromatic carbocycles. The molecule has 1 atom stereocenters. The van der Waals surface area contributed by atoms with Gasteiger partial charge in [0.05, 0.1) is 0 Å². The van der Waals surface area contributed by atoms with Gasteiger partial charge in [0.15, 0.2) is 0 Å². The average Bonchev–Trinajstić information content (AvgIpc) is 2.34. The van der Waals surface area contributed by atoms with E-state index in [0.29, 0.717) is 0 Å². The van der Waals surface area contributed by atoms with E-state index in [1.807, 2.05) is 0 Å². The molecule has 0 amide bonds. The molecule has 1 heteroatoms. The predicted molar refractivity (Wildman–Crippen MR) is 40.5 cm³/mol. The number of unbranched alkanes of at least 4 members (excludes halogenated alkanes) is 1. The third kappa shape index (κ3) is 2.35. The fourth-order valence-electron chi connectivity index (χ4n) is 1.45.